The van der Waals surface area contributed by atoms with Gasteiger partial charge in [-0.05, 0) is 49.6 Å². The van der Waals surface area contributed by atoms with Crippen molar-refractivity contribution >= 4 is 23.3 Å². The molecule has 7 nitrogen and oxygen atoms in total. The second-order valence-corrected chi connectivity index (χ2v) is 7.36. The molecule has 9 heteroatoms. The quantitative estimate of drug-likeness (QED) is 0.607. The minimum atomic E-state index is -0.540. The molecular formula is C21H20ClFN4O3. The number of amides is 2. The summed E-state index contributed by atoms with van der Waals surface area (Å²) in [7, 11) is 1.59. The number of carbonyl (C=O) groups excluding carboxylic acids is 1. The molecule has 1 aliphatic rings. The maximum atomic E-state index is 13.4. The van der Waals surface area contributed by atoms with Crippen molar-refractivity contribution in [2.75, 3.05) is 19.0 Å². The number of benzene rings is 2. The van der Waals surface area contributed by atoms with Crippen molar-refractivity contribution < 1.29 is 18.4 Å². The fourth-order valence-corrected chi connectivity index (χ4v) is 3.63. The van der Waals surface area contributed by atoms with Gasteiger partial charge in [-0.1, -0.05) is 28.9 Å². The molecule has 1 saturated heterocycles. The Morgan fingerprint density at radius 2 is 2.17 bits per heavy atom. The number of hydrogen-bond acceptors (Lipinski definition) is 5. The molecule has 1 unspecified atom stereocenters. The number of hydrogen-bond donors (Lipinski definition) is 1. The lowest BCUT2D eigenvalue weighted by Gasteiger charge is -2.33. The highest BCUT2D eigenvalue weighted by Gasteiger charge is 2.32. The maximum Gasteiger partial charge on any atom is 0.322 e. The molecule has 30 heavy (non-hydrogen) atoms. The molecule has 2 aromatic carbocycles. The lowest BCUT2D eigenvalue weighted by atomic mass is 10.0. The molecule has 0 aliphatic carbocycles. The van der Waals surface area contributed by atoms with E-state index in [2.05, 4.69) is 15.5 Å². The molecule has 0 saturated carbocycles. The van der Waals surface area contributed by atoms with E-state index in [4.69, 9.17) is 20.9 Å². The molecule has 0 spiro atoms. The molecule has 0 radical (unpaired) electrons. The van der Waals surface area contributed by atoms with Gasteiger partial charge < -0.3 is 19.5 Å². The lowest BCUT2D eigenvalue weighted by Crippen LogP contribution is -2.41. The number of likely N-dealkylation sites (tertiary alicyclic amines) is 1. The maximum absolute atomic E-state index is 13.4. The third kappa shape index (κ3) is 4.23. The third-order valence-electron chi connectivity index (χ3n) is 4.99. The topological polar surface area (TPSA) is 80.5 Å². The number of piperidine rings is 1. The zero-order valence-corrected chi connectivity index (χ0v) is 17.0. The van der Waals surface area contributed by atoms with Gasteiger partial charge in [-0.15, -0.1) is 0 Å². The first-order chi connectivity index (χ1) is 14.5. The molecule has 1 fully saturated rings. The minimum absolute atomic E-state index is 0.0529. The predicted molar refractivity (Wildman–Crippen MR) is 110 cm³/mol. The van der Waals surface area contributed by atoms with Crippen LogP contribution in [0.25, 0.3) is 11.4 Å². The van der Waals surface area contributed by atoms with E-state index in [1.54, 1.807) is 12.0 Å². The highest BCUT2D eigenvalue weighted by molar-refractivity contribution is 6.31. The summed E-state index contributed by atoms with van der Waals surface area (Å²) in [6.45, 7) is 0.544. The lowest BCUT2D eigenvalue weighted by molar-refractivity contribution is 0.142. The number of nitrogens with zero attached hydrogens (tertiary/aromatic N) is 3. The van der Waals surface area contributed by atoms with Crippen LogP contribution in [0.15, 0.2) is 47.0 Å². The Morgan fingerprint density at radius 1 is 1.30 bits per heavy atom. The zero-order valence-electron chi connectivity index (χ0n) is 16.3. The number of carbonyl (C=O) groups is 1. The van der Waals surface area contributed by atoms with E-state index in [1.165, 1.54) is 18.2 Å². The number of nitrogens with one attached hydrogen (secondary N) is 1. The van der Waals surface area contributed by atoms with Crippen molar-refractivity contribution in [1.29, 1.82) is 0 Å². The number of urea groups is 1. The average molecular weight is 431 g/mol. The van der Waals surface area contributed by atoms with Crippen LogP contribution < -0.4 is 10.1 Å². The fourth-order valence-electron chi connectivity index (χ4n) is 3.45. The van der Waals surface area contributed by atoms with Crippen LogP contribution in [-0.4, -0.2) is 34.7 Å². The second kappa shape index (κ2) is 8.71. The third-order valence-corrected chi connectivity index (χ3v) is 5.28. The standard InChI is InChI=1S/C21H20ClFN4O3/c1-29-15-6-4-5-13(11-15)19-25-20(30-26-19)18-7-2-3-10-27(18)21(28)24-14-8-9-17(23)16(22)12-14/h4-6,8-9,11-12,18H,2-3,7,10H2,1H3,(H,24,28). The summed E-state index contributed by atoms with van der Waals surface area (Å²) in [5.74, 6) is 0.955. The zero-order chi connectivity index (χ0) is 21.1. The number of ether oxygens (including phenoxy) is 1. The van der Waals surface area contributed by atoms with Gasteiger partial charge in [-0.25, -0.2) is 9.18 Å². The van der Waals surface area contributed by atoms with Crippen LogP contribution in [0.2, 0.25) is 5.02 Å². The second-order valence-electron chi connectivity index (χ2n) is 6.95. The Labute approximate surface area is 177 Å². The van der Waals surface area contributed by atoms with E-state index in [9.17, 15) is 9.18 Å². The van der Waals surface area contributed by atoms with Gasteiger partial charge in [-0.2, -0.15) is 4.98 Å². The largest absolute Gasteiger partial charge is 0.497 e. The first-order valence-electron chi connectivity index (χ1n) is 9.56. The van der Waals surface area contributed by atoms with Crippen molar-refractivity contribution in [2.24, 2.45) is 0 Å². The minimum Gasteiger partial charge on any atom is -0.497 e. The molecule has 4 rings (SSSR count). The van der Waals surface area contributed by atoms with Gasteiger partial charge in [0.25, 0.3) is 0 Å². The smallest absolute Gasteiger partial charge is 0.322 e. The van der Waals surface area contributed by atoms with Crippen molar-refractivity contribution in [3.05, 3.63) is 59.2 Å². The van der Waals surface area contributed by atoms with Gasteiger partial charge >= 0.3 is 6.03 Å². The number of halogens is 2. The molecular weight excluding hydrogens is 411 g/mol. The molecule has 0 bridgehead atoms. The first kappa shape index (κ1) is 20.2. The van der Waals surface area contributed by atoms with Gasteiger partial charge in [0.15, 0.2) is 0 Å². The number of methoxy groups -OCH3 is 1. The Bertz CT molecular complexity index is 1060. The summed E-state index contributed by atoms with van der Waals surface area (Å²) in [6, 6.07) is 10.7. The fraction of sp³-hybridized carbons (Fsp3) is 0.286. The Kier molecular flexibility index (Phi) is 5.85. The van der Waals surface area contributed by atoms with Crippen LogP contribution >= 0.6 is 11.6 Å². The van der Waals surface area contributed by atoms with E-state index in [-0.39, 0.29) is 17.1 Å². The van der Waals surface area contributed by atoms with E-state index in [0.29, 0.717) is 36.1 Å². The Morgan fingerprint density at radius 3 is 2.97 bits per heavy atom. The van der Waals surface area contributed by atoms with Gasteiger partial charge in [0.2, 0.25) is 11.7 Å². The molecule has 1 atom stereocenters. The van der Waals surface area contributed by atoms with Gasteiger partial charge in [-0.3, -0.25) is 0 Å². The predicted octanol–water partition coefficient (Wildman–Crippen LogP) is 5.30. The van der Waals surface area contributed by atoms with Crippen LogP contribution in [0.4, 0.5) is 14.9 Å². The Balaban J connectivity index is 1.54. The summed E-state index contributed by atoms with van der Waals surface area (Å²) in [4.78, 5) is 19.1. The molecule has 1 aliphatic heterocycles. The monoisotopic (exact) mass is 430 g/mol. The molecule has 3 aromatic rings. The number of aromatic nitrogens is 2. The first-order valence-corrected chi connectivity index (χ1v) is 9.93. The molecule has 156 valence electrons. The van der Waals surface area contributed by atoms with Crippen molar-refractivity contribution in [2.45, 2.75) is 25.3 Å². The summed E-state index contributed by atoms with van der Waals surface area (Å²) in [5.41, 5.74) is 1.18. The van der Waals surface area contributed by atoms with E-state index in [1.807, 2.05) is 24.3 Å². The average Bonchev–Trinajstić information content (AvgIpc) is 3.26. The normalized spacial score (nSPS) is 16.4. The molecule has 2 amide bonds. The van der Waals surface area contributed by atoms with E-state index in [0.717, 1.165) is 18.4 Å². The van der Waals surface area contributed by atoms with Crippen LogP contribution in [0.3, 0.4) is 0 Å². The van der Waals surface area contributed by atoms with Crippen LogP contribution in [0, 0.1) is 5.82 Å². The number of anilines is 1. The highest BCUT2D eigenvalue weighted by atomic mass is 35.5. The SMILES string of the molecule is COc1cccc(-c2noc(C3CCCCN3C(=O)Nc3ccc(F)c(Cl)c3)n2)c1. The van der Waals surface area contributed by atoms with Crippen LogP contribution in [-0.2, 0) is 0 Å². The summed E-state index contributed by atoms with van der Waals surface area (Å²) in [6.07, 6.45) is 2.51. The number of rotatable bonds is 4. The van der Waals surface area contributed by atoms with Crippen molar-refractivity contribution in [3.8, 4) is 17.1 Å². The molecule has 1 N–H and O–H groups in total. The van der Waals surface area contributed by atoms with Gasteiger partial charge in [0, 0.05) is 17.8 Å². The summed E-state index contributed by atoms with van der Waals surface area (Å²) >= 11 is 5.81. The van der Waals surface area contributed by atoms with Crippen LogP contribution in [0.5, 0.6) is 5.75 Å². The molecule has 2 heterocycles. The Hall–Kier alpha value is -3.13. The van der Waals surface area contributed by atoms with Crippen molar-refractivity contribution in [3.63, 3.8) is 0 Å². The van der Waals surface area contributed by atoms with Gasteiger partial charge in [0.05, 0.1) is 12.1 Å². The van der Waals surface area contributed by atoms with Crippen LogP contribution in [0.1, 0.15) is 31.2 Å². The van der Waals surface area contributed by atoms with E-state index >= 15 is 0 Å². The highest BCUT2D eigenvalue weighted by Crippen LogP contribution is 2.32. The van der Waals surface area contributed by atoms with Gasteiger partial charge in [0.1, 0.15) is 17.6 Å². The van der Waals surface area contributed by atoms with Crippen molar-refractivity contribution in [1.82, 2.24) is 15.0 Å². The summed E-state index contributed by atoms with van der Waals surface area (Å²) in [5, 5.41) is 6.79. The molecule has 1 aromatic heterocycles. The van der Waals surface area contributed by atoms with E-state index < -0.39 is 5.82 Å². The summed E-state index contributed by atoms with van der Waals surface area (Å²) < 4.78 is 24.1.